The molecule has 6 rings (SSSR count). The minimum atomic E-state index is -1.67. The summed E-state index contributed by atoms with van der Waals surface area (Å²) in [4.78, 5) is 22.8. The molecular formula is C32H21Cl9N4O4S. The van der Waals surface area contributed by atoms with Crippen molar-refractivity contribution in [1.29, 1.82) is 0 Å². The Hall–Kier alpha value is -2.28. The van der Waals surface area contributed by atoms with Crippen LogP contribution in [0.25, 0.3) is 0 Å². The highest BCUT2D eigenvalue weighted by Crippen LogP contribution is 2.41. The van der Waals surface area contributed by atoms with E-state index in [1.165, 1.54) is 0 Å². The summed E-state index contributed by atoms with van der Waals surface area (Å²) in [6.07, 6.45) is 0.666. The summed E-state index contributed by atoms with van der Waals surface area (Å²) < 4.78 is 9.09. The first-order valence-electron chi connectivity index (χ1n) is 14.0. The molecule has 2 aliphatic heterocycles. The van der Waals surface area contributed by atoms with E-state index in [-0.39, 0.29) is 29.9 Å². The molecule has 262 valence electrons. The number of carbonyl (C=O) groups excluding carboxylic acids is 1. The van der Waals surface area contributed by atoms with Crippen molar-refractivity contribution in [3.8, 4) is 0 Å². The van der Waals surface area contributed by atoms with E-state index >= 15 is 0 Å². The van der Waals surface area contributed by atoms with Gasteiger partial charge in [-0.1, -0.05) is 93.9 Å². The molecule has 0 saturated heterocycles. The lowest BCUT2D eigenvalue weighted by Gasteiger charge is -2.25. The van der Waals surface area contributed by atoms with Gasteiger partial charge in [0, 0.05) is 54.3 Å². The van der Waals surface area contributed by atoms with E-state index in [4.69, 9.17) is 85.4 Å². The van der Waals surface area contributed by atoms with Gasteiger partial charge in [-0.2, -0.15) is 10.2 Å². The number of carboxylic acids is 1. The summed E-state index contributed by atoms with van der Waals surface area (Å²) in [5.41, 5.74) is 3.49. The Labute approximate surface area is 333 Å². The third-order valence-electron chi connectivity index (χ3n) is 7.12. The number of carbonyl (C=O) groups is 2. The van der Waals surface area contributed by atoms with Crippen LogP contribution in [0.1, 0.15) is 36.1 Å². The normalized spacial score (nSPS) is 16.6. The van der Waals surface area contributed by atoms with E-state index in [2.05, 4.69) is 31.6 Å². The van der Waals surface area contributed by atoms with Crippen molar-refractivity contribution >= 4 is 146 Å². The topological polar surface area (TPSA) is 103 Å². The molecule has 0 amide bonds. The third-order valence-corrected chi connectivity index (χ3v) is 8.91. The van der Waals surface area contributed by atoms with Gasteiger partial charge in [0.25, 0.3) is 5.24 Å². The number of hydrogen-bond acceptors (Lipinski definition) is 7. The second-order valence-electron chi connectivity index (χ2n) is 10.3. The Morgan fingerprint density at radius 2 is 0.960 bits per heavy atom. The molecule has 0 spiro atoms. The first-order chi connectivity index (χ1) is 23.6. The van der Waals surface area contributed by atoms with E-state index in [1.54, 1.807) is 70.7 Å². The standard InChI is InChI=1S/C16H10Cl4N2O.C16H11Cl3N2O2.Cl2OS/c17-10-3-1-9(2-4-10)15-8-13(16(20)23)21-22(15)14-6-5-11(18)7-12(14)19;17-10-3-1-9(2-4-10)15-8-13(16(22)23)20-21(15)14-6-5-11(18)7-12(14)19;1-4(2)3/h1-7,15H,8H2;1-7,15H,8H2,(H,22,23);. The van der Waals surface area contributed by atoms with E-state index < -0.39 is 20.4 Å². The fraction of sp³-hybridized carbons (Fsp3) is 0.125. The Morgan fingerprint density at radius 1 is 0.620 bits per heavy atom. The molecule has 2 aliphatic rings. The molecule has 50 heavy (non-hydrogen) atoms. The number of anilines is 2. The summed E-state index contributed by atoms with van der Waals surface area (Å²) in [6, 6.07) is 24.3. The third kappa shape index (κ3) is 10.9. The lowest BCUT2D eigenvalue weighted by Crippen LogP contribution is -2.19. The van der Waals surface area contributed by atoms with Crippen LogP contribution in [0, 0.1) is 0 Å². The van der Waals surface area contributed by atoms with E-state index in [9.17, 15) is 14.7 Å². The molecule has 4 aromatic carbocycles. The van der Waals surface area contributed by atoms with E-state index in [0.717, 1.165) is 11.1 Å². The van der Waals surface area contributed by atoms with Gasteiger partial charge in [0.1, 0.15) is 11.4 Å². The van der Waals surface area contributed by atoms with Crippen LogP contribution in [0.3, 0.4) is 0 Å². The highest BCUT2D eigenvalue weighted by molar-refractivity contribution is 8.26. The molecule has 0 aromatic heterocycles. The smallest absolute Gasteiger partial charge is 0.352 e. The molecule has 2 heterocycles. The molecule has 0 aliphatic carbocycles. The summed E-state index contributed by atoms with van der Waals surface area (Å²) in [7, 11) is 7.36. The summed E-state index contributed by atoms with van der Waals surface area (Å²) in [5, 5.41) is 23.7. The fourth-order valence-corrected chi connectivity index (χ4v) is 6.29. The van der Waals surface area contributed by atoms with Gasteiger partial charge in [-0.05, 0) is 83.4 Å². The van der Waals surface area contributed by atoms with Crippen molar-refractivity contribution in [2.24, 2.45) is 10.2 Å². The average molecular weight is 877 g/mol. The van der Waals surface area contributed by atoms with Crippen LogP contribution < -0.4 is 10.0 Å². The van der Waals surface area contributed by atoms with Gasteiger partial charge in [-0.15, -0.1) is 0 Å². The molecule has 4 aromatic rings. The number of rotatable bonds is 6. The van der Waals surface area contributed by atoms with Gasteiger partial charge in [-0.25, -0.2) is 9.00 Å². The number of aliphatic carboxylic acids is 1. The van der Waals surface area contributed by atoms with Crippen molar-refractivity contribution in [2.75, 3.05) is 10.0 Å². The molecule has 0 radical (unpaired) electrons. The van der Waals surface area contributed by atoms with Crippen LogP contribution in [-0.2, 0) is 18.8 Å². The zero-order chi connectivity index (χ0) is 36.7. The molecule has 1 N–H and O–H groups in total. The first kappa shape index (κ1) is 40.5. The molecule has 2 unspecified atom stereocenters. The Morgan fingerprint density at radius 3 is 1.30 bits per heavy atom. The SMILES string of the molecule is O=C(Cl)C1=NN(c2ccc(Cl)cc2Cl)C(c2ccc(Cl)cc2)C1.O=C(O)C1=NN(c2ccc(Cl)cc2Cl)C(c2ccc(Cl)cc2)C1.O=S(Cl)Cl. The van der Waals surface area contributed by atoms with E-state index in [0.29, 0.717) is 47.9 Å². The van der Waals surface area contributed by atoms with Gasteiger partial charge in [0.2, 0.25) is 9.23 Å². The number of halogens is 9. The molecule has 0 fully saturated rings. The zero-order valence-corrected chi connectivity index (χ0v) is 32.5. The van der Waals surface area contributed by atoms with Gasteiger partial charge >= 0.3 is 5.97 Å². The van der Waals surface area contributed by atoms with Crippen LogP contribution in [0.2, 0.25) is 30.1 Å². The second kappa shape index (κ2) is 18.5. The Bertz CT molecular complexity index is 1830. The zero-order valence-electron chi connectivity index (χ0n) is 24.9. The quantitative estimate of drug-likeness (QED) is 0.194. The van der Waals surface area contributed by atoms with Crippen molar-refractivity contribution in [3.63, 3.8) is 0 Å². The average Bonchev–Trinajstić information content (AvgIpc) is 3.68. The van der Waals surface area contributed by atoms with Gasteiger partial charge in [0.05, 0.1) is 33.5 Å². The maximum atomic E-state index is 11.5. The van der Waals surface area contributed by atoms with Crippen LogP contribution in [-0.4, -0.2) is 32.0 Å². The summed E-state index contributed by atoms with van der Waals surface area (Å²) >= 11 is 41.9. The maximum Gasteiger partial charge on any atom is 0.352 e. The van der Waals surface area contributed by atoms with Gasteiger partial charge in [0.15, 0.2) is 0 Å². The van der Waals surface area contributed by atoms with Crippen molar-refractivity contribution in [3.05, 3.63) is 126 Å². The first-order valence-corrected chi connectivity index (χ1v) is 19.4. The number of carboxylic acid groups (broad SMARTS) is 1. The molecular weight excluding hydrogens is 856 g/mol. The number of hydrogen-bond donors (Lipinski definition) is 1. The Balaban J connectivity index is 0.000000203. The minimum absolute atomic E-state index is 0.0796. The van der Waals surface area contributed by atoms with Crippen molar-refractivity contribution in [2.45, 2.75) is 24.9 Å². The molecule has 2 atom stereocenters. The number of hydrazone groups is 2. The van der Waals surface area contributed by atoms with Crippen LogP contribution >= 0.6 is 103 Å². The van der Waals surface area contributed by atoms with Gasteiger partial charge in [-0.3, -0.25) is 14.8 Å². The monoisotopic (exact) mass is 872 g/mol. The lowest BCUT2D eigenvalue weighted by atomic mass is 10.0. The second-order valence-corrected chi connectivity index (χ2v) is 15.7. The predicted octanol–water partition coefficient (Wildman–Crippen LogP) is 11.8. The summed E-state index contributed by atoms with van der Waals surface area (Å²) in [5.74, 6) is -1.04. The number of benzene rings is 4. The largest absolute Gasteiger partial charge is 0.477 e. The van der Waals surface area contributed by atoms with Gasteiger partial charge < -0.3 is 5.11 Å². The fourth-order valence-electron chi connectivity index (χ4n) is 4.94. The molecule has 18 heteroatoms. The van der Waals surface area contributed by atoms with Crippen LogP contribution in [0.4, 0.5) is 11.4 Å². The van der Waals surface area contributed by atoms with Crippen molar-refractivity contribution in [1.82, 2.24) is 0 Å². The maximum absolute atomic E-state index is 11.5. The molecule has 0 saturated carbocycles. The van der Waals surface area contributed by atoms with E-state index in [1.807, 2.05) is 24.3 Å². The number of nitrogens with zero attached hydrogens (tertiary/aromatic N) is 4. The van der Waals surface area contributed by atoms with Crippen LogP contribution in [0.15, 0.2) is 95.1 Å². The Kier molecular flexibility index (Phi) is 15.0. The van der Waals surface area contributed by atoms with Crippen LogP contribution in [0.5, 0.6) is 0 Å². The minimum Gasteiger partial charge on any atom is -0.477 e. The van der Waals surface area contributed by atoms with Crippen molar-refractivity contribution < 1.29 is 18.9 Å². The highest BCUT2D eigenvalue weighted by atomic mass is 36.0. The highest BCUT2D eigenvalue weighted by Gasteiger charge is 2.34. The predicted molar refractivity (Wildman–Crippen MR) is 209 cm³/mol. The summed E-state index contributed by atoms with van der Waals surface area (Å²) in [6.45, 7) is 0. The molecule has 8 nitrogen and oxygen atoms in total. The molecule has 0 bridgehead atoms. The lowest BCUT2D eigenvalue weighted by molar-refractivity contribution is -0.129.